The predicted octanol–water partition coefficient (Wildman–Crippen LogP) is -2.88. The molecule has 0 heterocycles. The van der Waals surface area contributed by atoms with Crippen LogP contribution in [0.15, 0.2) is 0 Å². The molecule has 0 rings (SSSR count). The van der Waals surface area contributed by atoms with E-state index in [1.54, 1.807) is 0 Å². The maximum atomic E-state index is 8.88. The van der Waals surface area contributed by atoms with Crippen molar-refractivity contribution >= 4 is 162 Å². The molecule has 0 saturated heterocycles. The fraction of sp³-hybridized carbons (Fsp3) is 0. The summed E-state index contributed by atoms with van der Waals surface area (Å²) in [6.45, 7) is 0. The fourth-order valence-electron chi connectivity index (χ4n) is 0. The van der Waals surface area contributed by atoms with Crippen molar-refractivity contribution in [3.05, 3.63) is 0 Å². The van der Waals surface area contributed by atoms with Gasteiger partial charge >= 0.3 is 162 Å². The quantitative estimate of drug-likeness (QED) is 0.330. The normalized spacial score (nSPS) is 6.56. The zero-order chi connectivity index (χ0) is 4.50. The molecule has 9 heavy (non-hydrogen) atoms. The van der Waals surface area contributed by atoms with Crippen molar-refractivity contribution < 1.29 is 41.6 Å². The Kier molecular flexibility index (Phi) is 52.8. The van der Waals surface area contributed by atoms with Crippen LogP contribution >= 0.6 is 7.82 Å². The van der Waals surface area contributed by atoms with Gasteiger partial charge in [-0.05, 0) is 0 Å². The summed E-state index contributed by atoms with van der Waals surface area (Å²) in [6.07, 6.45) is 0. The minimum atomic E-state index is -4.64. The van der Waals surface area contributed by atoms with E-state index < -0.39 is 7.82 Å². The van der Waals surface area contributed by atoms with Crippen molar-refractivity contribution in [2.24, 2.45) is 0 Å². The van der Waals surface area contributed by atoms with Crippen LogP contribution in [0.3, 0.4) is 0 Å². The predicted molar refractivity (Wildman–Crippen MR) is 35.7 cm³/mol. The first-order valence-electron chi connectivity index (χ1n) is 0.783. The molecular formula is H6AgK3O4P. The van der Waals surface area contributed by atoms with Gasteiger partial charge in [0.2, 0.25) is 0 Å². The van der Waals surface area contributed by atoms with Crippen LogP contribution in [-0.4, -0.2) is 169 Å². The third-order valence-corrected chi connectivity index (χ3v) is 0. The molecule has 0 unspecified atom stereocenters. The Balaban J connectivity index is -0.0000000133. The standard InChI is InChI=1S/Ag.3K.H3O4P.3H/c;;;;1-5(2,3)4;;;/h;;;;(H3,1,2,3,4);;;. The van der Waals surface area contributed by atoms with E-state index in [0.29, 0.717) is 0 Å². The Hall–Kier alpha value is 5.76. The van der Waals surface area contributed by atoms with Gasteiger partial charge in [0.1, 0.15) is 0 Å². The molecule has 0 spiro atoms. The van der Waals surface area contributed by atoms with Gasteiger partial charge < -0.3 is 14.7 Å². The monoisotopic (exact) mass is 325 g/mol. The second-order valence-electron chi connectivity index (χ2n) is 0.513. The molecule has 0 saturated carbocycles. The van der Waals surface area contributed by atoms with Gasteiger partial charge in [0.05, 0.1) is 0 Å². The molecule has 49 valence electrons. The Morgan fingerprint density at radius 1 is 0.889 bits per heavy atom. The van der Waals surface area contributed by atoms with Gasteiger partial charge in [0.15, 0.2) is 0 Å². The first-order valence-corrected chi connectivity index (χ1v) is 2.35. The summed E-state index contributed by atoms with van der Waals surface area (Å²) in [5.41, 5.74) is 0. The Labute approximate surface area is 197 Å². The third kappa shape index (κ3) is 57.4. The molecule has 0 atom stereocenters. The van der Waals surface area contributed by atoms with E-state index in [4.69, 9.17) is 19.2 Å². The first-order chi connectivity index (χ1) is 2.00. The van der Waals surface area contributed by atoms with Crippen molar-refractivity contribution in [3.63, 3.8) is 0 Å². The molecule has 0 aliphatic heterocycles. The van der Waals surface area contributed by atoms with Gasteiger partial charge in [-0.25, -0.2) is 4.57 Å². The Morgan fingerprint density at radius 2 is 0.889 bits per heavy atom. The van der Waals surface area contributed by atoms with Crippen LogP contribution in [0.2, 0.25) is 0 Å². The SMILES string of the molecule is O=P(O)(O)O.[Ag].[KH].[KH].[KH]. The molecule has 1 radical (unpaired) electrons. The number of hydrogen-bond acceptors (Lipinski definition) is 1. The minimum absolute atomic E-state index is 0. The molecule has 9 heteroatoms. The van der Waals surface area contributed by atoms with Crippen LogP contribution in [0.1, 0.15) is 0 Å². The molecule has 0 aromatic heterocycles. The van der Waals surface area contributed by atoms with E-state index in [2.05, 4.69) is 0 Å². The van der Waals surface area contributed by atoms with Gasteiger partial charge in [-0.3, -0.25) is 0 Å². The average molecular weight is 326 g/mol. The van der Waals surface area contributed by atoms with Gasteiger partial charge in [-0.15, -0.1) is 0 Å². The van der Waals surface area contributed by atoms with E-state index in [-0.39, 0.29) is 177 Å². The van der Waals surface area contributed by atoms with E-state index in [0.717, 1.165) is 0 Å². The summed E-state index contributed by atoms with van der Waals surface area (Å²) in [5.74, 6) is 0. The summed E-state index contributed by atoms with van der Waals surface area (Å²) in [6, 6.07) is 0. The van der Waals surface area contributed by atoms with Crippen LogP contribution < -0.4 is 0 Å². The first kappa shape index (κ1) is 29.3. The van der Waals surface area contributed by atoms with Gasteiger partial charge in [-0.1, -0.05) is 0 Å². The summed E-state index contributed by atoms with van der Waals surface area (Å²) < 4.78 is 8.88. The van der Waals surface area contributed by atoms with Crippen molar-refractivity contribution in [1.29, 1.82) is 0 Å². The van der Waals surface area contributed by atoms with Crippen molar-refractivity contribution in [2.45, 2.75) is 0 Å². The topological polar surface area (TPSA) is 77.8 Å². The van der Waals surface area contributed by atoms with Crippen LogP contribution in [0.5, 0.6) is 0 Å². The van der Waals surface area contributed by atoms with Gasteiger partial charge in [0, 0.05) is 22.4 Å². The molecule has 0 aliphatic rings. The van der Waals surface area contributed by atoms with E-state index in [1.807, 2.05) is 0 Å². The number of hydrogen-bond donors (Lipinski definition) is 3. The summed E-state index contributed by atoms with van der Waals surface area (Å²) in [7, 11) is -4.64. The van der Waals surface area contributed by atoms with E-state index >= 15 is 0 Å². The Morgan fingerprint density at radius 3 is 0.889 bits per heavy atom. The summed E-state index contributed by atoms with van der Waals surface area (Å²) in [4.78, 5) is 21.6. The molecule has 3 N–H and O–H groups in total. The zero-order valence-electron chi connectivity index (χ0n) is 2.50. The Bertz CT molecular complexity index is 61.9. The molecule has 0 aromatic carbocycles. The number of rotatable bonds is 0. The molecule has 4 nitrogen and oxygen atoms in total. The molecule has 0 aliphatic carbocycles. The molecule has 0 fully saturated rings. The van der Waals surface area contributed by atoms with Gasteiger partial charge in [0.25, 0.3) is 0 Å². The van der Waals surface area contributed by atoms with Crippen molar-refractivity contribution in [3.8, 4) is 0 Å². The molecule has 0 aromatic rings. The van der Waals surface area contributed by atoms with Crippen LogP contribution in [-0.2, 0) is 26.9 Å². The second kappa shape index (κ2) is 16.2. The van der Waals surface area contributed by atoms with E-state index in [9.17, 15) is 0 Å². The summed E-state index contributed by atoms with van der Waals surface area (Å²) >= 11 is 0. The third-order valence-electron chi connectivity index (χ3n) is 0. The van der Waals surface area contributed by atoms with Crippen LogP contribution in [0.4, 0.5) is 0 Å². The molecule has 0 amide bonds. The van der Waals surface area contributed by atoms with Crippen LogP contribution in [0.25, 0.3) is 0 Å². The fourth-order valence-corrected chi connectivity index (χ4v) is 0. The van der Waals surface area contributed by atoms with Gasteiger partial charge in [-0.2, -0.15) is 0 Å². The maximum absolute atomic E-state index is 8.88. The molecular weight excluding hydrogens is 320 g/mol. The van der Waals surface area contributed by atoms with E-state index in [1.165, 1.54) is 0 Å². The van der Waals surface area contributed by atoms with Crippen molar-refractivity contribution in [1.82, 2.24) is 0 Å². The average Bonchev–Trinajstić information content (AvgIpc) is 0.722. The zero-order valence-corrected chi connectivity index (χ0v) is 4.88. The summed E-state index contributed by atoms with van der Waals surface area (Å²) in [5, 5.41) is 0. The van der Waals surface area contributed by atoms with Crippen LogP contribution in [0, 0.1) is 0 Å². The van der Waals surface area contributed by atoms with Crippen molar-refractivity contribution in [2.75, 3.05) is 0 Å². The number of phosphoric acid groups is 1. The second-order valence-corrected chi connectivity index (χ2v) is 1.54. The molecule has 0 bridgehead atoms.